The number of hydrogen-bond donors (Lipinski definition) is 3. The van der Waals surface area contributed by atoms with Gasteiger partial charge in [-0.25, -0.2) is 8.32 Å². The monoisotopic (exact) mass is 940 g/mol. The highest BCUT2D eigenvalue weighted by atomic mass is 127. The Morgan fingerprint density at radius 2 is 1.39 bits per heavy atom. The highest BCUT2D eigenvalue weighted by molar-refractivity contribution is 14.2. The Morgan fingerprint density at radius 1 is 0.889 bits per heavy atom. The van der Waals surface area contributed by atoms with Gasteiger partial charge in [-0.15, -0.1) is 0 Å². The van der Waals surface area contributed by atoms with E-state index in [1.165, 1.54) is 0 Å². The van der Waals surface area contributed by atoms with Crippen LogP contribution in [-0.4, -0.2) is 33.1 Å². The van der Waals surface area contributed by atoms with E-state index < -0.39 is 21.5 Å². The summed E-state index contributed by atoms with van der Waals surface area (Å²) in [7, 11) is 0. The molecule has 0 radical (unpaired) electrons. The number of aromatic hydroxyl groups is 1. The molecule has 0 heterocycles. The van der Waals surface area contributed by atoms with Crippen LogP contribution >= 0.6 is 91.2 Å². The van der Waals surface area contributed by atoms with Gasteiger partial charge in [0.25, 0.3) is 0 Å². The van der Waals surface area contributed by atoms with Gasteiger partial charge in [-0.2, -0.15) is 1.33 Å². The summed E-state index contributed by atoms with van der Waals surface area (Å²) in [6.45, 7) is 0. The molecule has 0 amide bonds. The maximum Gasteiger partial charge on any atom is 0.344 e. The van der Waals surface area contributed by atoms with Crippen molar-refractivity contribution in [3.05, 3.63) is 83.9 Å². The zero-order valence-electron chi connectivity index (χ0n) is 18.4. The first-order valence-electron chi connectivity index (χ1n) is 10.4. The van der Waals surface area contributed by atoms with Crippen LogP contribution in [-0.2, 0) is 22.4 Å². The Balaban J connectivity index is 1.66. The zero-order valence-corrected chi connectivity index (χ0v) is 27.0. The number of halogens is 4. The fraction of sp³-hybridized carbons (Fsp3) is 0.167. The molecular formula is C24H20I4N2O6. The van der Waals surface area contributed by atoms with Crippen molar-refractivity contribution in [3.8, 4) is 23.0 Å². The summed E-state index contributed by atoms with van der Waals surface area (Å²) in [5.74, 6) is 0.427. The minimum absolute atomic E-state index is 0.168. The van der Waals surface area contributed by atoms with E-state index >= 15 is 0 Å². The van der Waals surface area contributed by atoms with Crippen LogP contribution in [0.5, 0.6) is 23.0 Å². The summed E-state index contributed by atoms with van der Waals surface area (Å²) in [6.07, 6.45) is 0.696. The van der Waals surface area contributed by atoms with Gasteiger partial charge in [0.1, 0.15) is 29.0 Å². The number of phenolic OH excluding ortho intramolecular Hbond substituents is 1. The molecule has 3 aromatic rings. The number of aliphatic carboxylic acids is 1. The van der Waals surface area contributed by atoms with E-state index in [4.69, 9.17) is 9.47 Å². The highest BCUT2D eigenvalue weighted by Gasteiger charge is 2.42. The van der Waals surface area contributed by atoms with Gasteiger partial charge in [0.05, 0.1) is 0 Å². The van der Waals surface area contributed by atoms with Crippen LogP contribution in [0.25, 0.3) is 0 Å². The van der Waals surface area contributed by atoms with E-state index in [9.17, 15) is 19.8 Å². The number of carboxylic acids is 1. The summed E-state index contributed by atoms with van der Waals surface area (Å²) in [6, 6.07) is 20.0. The van der Waals surface area contributed by atoms with Gasteiger partial charge in [-0.1, -0.05) is 24.3 Å². The summed E-state index contributed by atoms with van der Waals surface area (Å²) in [4.78, 5) is 24.4. The summed E-state index contributed by atoms with van der Waals surface area (Å²) < 4.78 is 15.0. The number of alkyl halides is 1. The second kappa shape index (κ2) is 13.7. The summed E-state index contributed by atoms with van der Waals surface area (Å²) >= 11 is 8.04. The molecule has 0 aromatic heterocycles. The topological polar surface area (TPSA) is 108 Å². The zero-order chi connectivity index (χ0) is 26.3. The molecule has 8 nitrogen and oxygen atoms in total. The number of rotatable bonds is 11. The van der Waals surface area contributed by atoms with Crippen LogP contribution in [0, 0.1) is 0 Å². The number of carbonyl (C=O) groups is 2. The van der Waals surface area contributed by atoms with Gasteiger partial charge in [-0.05, 0) is 88.7 Å². The molecule has 0 saturated carbocycles. The molecule has 0 aliphatic heterocycles. The molecule has 3 rings (SSSR count). The number of benzene rings is 3. The first kappa shape index (κ1) is 29.6. The van der Waals surface area contributed by atoms with Gasteiger partial charge in [-0.3, -0.25) is 4.79 Å². The van der Waals surface area contributed by atoms with Gasteiger partial charge < -0.3 is 19.7 Å². The molecule has 0 fully saturated rings. The maximum atomic E-state index is 13.2. The van der Waals surface area contributed by atoms with Gasteiger partial charge in [0.2, 0.25) is 0 Å². The predicted octanol–water partition coefficient (Wildman–Crippen LogP) is 6.40. The molecule has 3 aromatic carbocycles. The number of ether oxygens (including phenoxy) is 2. The molecule has 0 aliphatic rings. The quantitative estimate of drug-likeness (QED) is 0.0507. The molecule has 0 aliphatic carbocycles. The minimum Gasteiger partial charge on any atom is -0.508 e. The fourth-order valence-electron chi connectivity index (χ4n) is 3.08. The molecule has 0 unspecified atom stereocenters. The van der Waals surface area contributed by atoms with Crippen molar-refractivity contribution < 1.29 is 29.3 Å². The van der Waals surface area contributed by atoms with Crippen LogP contribution in [0.4, 0.5) is 0 Å². The van der Waals surface area contributed by atoms with Crippen molar-refractivity contribution in [3.63, 3.8) is 0 Å². The molecule has 190 valence electrons. The number of esters is 1. The van der Waals surface area contributed by atoms with E-state index in [1.54, 1.807) is 49.9 Å². The average molecular weight is 940 g/mol. The van der Waals surface area contributed by atoms with Crippen molar-refractivity contribution in [2.75, 3.05) is 0 Å². The minimum atomic E-state index is -0.990. The lowest BCUT2D eigenvalue weighted by molar-refractivity contribution is -0.139. The van der Waals surface area contributed by atoms with Crippen molar-refractivity contribution in [1.82, 2.24) is 4.86 Å². The number of hydrogen-bond acceptors (Lipinski definition) is 7. The molecule has 0 spiro atoms. The fourth-order valence-corrected chi connectivity index (χ4v) is 4.86. The highest BCUT2D eigenvalue weighted by Crippen LogP contribution is 2.37. The third-order valence-corrected chi connectivity index (χ3v) is 10.6. The second-order valence-corrected chi connectivity index (χ2v) is 13.8. The molecule has 0 bridgehead atoms. The first-order chi connectivity index (χ1) is 17.1. The van der Waals surface area contributed by atoms with Gasteiger partial charge >= 0.3 is 11.9 Å². The second-order valence-electron chi connectivity index (χ2n) is 7.65. The number of nitrogens with zero attached hydrogens (tertiary/aromatic N) is 1. The molecule has 36 heavy (non-hydrogen) atoms. The van der Waals surface area contributed by atoms with Crippen molar-refractivity contribution >= 4 is 103 Å². The summed E-state index contributed by atoms with van der Waals surface area (Å²) in [5, 5.41) is 18.6. The van der Waals surface area contributed by atoms with Gasteiger partial charge in [0.15, 0.2) is 3.55 Å². The molecular weight excluding hydrogens is 920 g/mol. The number of phenols is 1. The lowest BCUT2D eigenvalue weighted by Crippen LogP contribution is -2.44. The van der Waals surface area contributed by atoms with Crippen molar-refractivity contribution in [2.45, 2.75) is 22.4 Å². The van der Waals surface area contributed by atoms with Crippen LogP contribution < -0.4 is 13.0 Å². The standard InChI is InChI=1S/C24H20I4N2O6/c25-24(30(27)28,14-16-3-9-18(10-4-16)35-19-11-5-17(31)6-12-19)23(34)36-20-7-1-15(2-8-20)13-21(29-26)22(32)33/h1-12,21,29,31H,13-14H2,(H,32,33)/t21-,24-/m0/s1. The van der Waals surface area contributed by atoms with Gasteiger partial charge in [0, 0.05) is 75.0 Å². The van der Waals surface area contributed by atoms with Crippen LogP contribution in [0.2, 0.25) is 0 Å². The number of nitrogens with one attached hydrogen (secondary N) is 1. The van der Waals surface area contributed by atoms with Crippen molar-refractivity contribution in [1.29, 1.82) is 0 Å². The van der Waals surface area contributed by atoms with Crippen LogP contribution in [0.1, 0.15) is 11.1 Å². The smallest absolute Gasteiger partial charge is 0.344 e. The Kier molecular flexibility index (Phi) is 11.3. The van der Waals surface area contributed by atoms with E-state index in [1.807, 2.05) is 47.1 Å². The molecule has 2 atom stereocenters. The lowest BCUT2D eigenvalue weighted by Gasteiger charge is -2.29. The third-order valence-electron chi connectivity index (χ3n) is 5.02. The Morgan fingerprint density at radius 3 is 1.89 bits per heavy atom. The number of carbonyl (C=O) groups excluding carboxylic acids is 1. The maximum absolute atomic E-state index is 13.2. The lowest BCUT2D eigenvalue weighted by atomic mass is 10.1. The SMILES string of the molecule is O=C(O)[C@H](Cc1ccc(OC(=O)[C@](I)(Cc2ccc(Oc3ccc(O)cc3)cc2)N(I)I)cc1)NI. The Hall–Kier alpha value is -0.960. The summed E-state index contributed by atoms with van der Waals surface area (Å²) in [5.41, 5.74) is 1.73. The Labute approximate surface area is 263 Å². The molecule has 0 saturated heterocycles. The normalized spacial score (nSPS) is 13.6. The van der Waals surface area contributed by atoms with E-state index in [-0.39, 0.29) is 5.75 Å². The largest absolute Gasteiger partial charge is 0.508 e. The Bertz CT molecular complexity index is 1180. The predicted molar refractivity (Wildman–Crippen MR) is 169 cm³/mol. The first-order valence-corrected chi connectivity index (χ1v) is 14.5. The van der Waals surface area contributed by atoms with E-state index in [0.717, 1.165) is 11.1 Å². The van der Waals surface area contributed by atoms with Crippen molar-refractivity contribution in [2.24, 2.45) is 0 Å². The van der Waals surface area contributed by atoms with Crippen LogP contribution in [0.3, 0.4) is 0 Å². The van der Waals surface area contributed by atoms with E-state index in [0.29, 0.717) is 30.1 Å². The van der Waals surface area contributed by atoms with E-state index in [2.05, 4.69) is 71.9 Å². The molecule has 3 N–H and O–H groups in total. The van der Waals surface area contributed by atoms with Crippen LogP contribution in [0.15, 0.2) is 72.8 Å². The number of carboxylic acid groups (broad SMARTS) is 1. The average Bonchev–Trinajstić information content (AvgIpc) is 2.85. The molecule has 12 heteroatoms. The third kappa shape index (κ3) is 8.27.